The maximum absolute atomic E-state index is 12.4. The van der Waals surface area contributed by atoms with Crippen LogP contribution in [0.2, 0.25) is 0 Å². The van der Waals surface area contributed by atoms with E-state index in [2.05, 4.69) is 5.32 Å². The second-order valence-corrected chi connectivity index (χ2v) is 8.86. The number of rotatable bonds is 8. The van der Waals surface area contributed by atoms with Gasteiger partial charge in [0, 0.05) is 16.2 Å². The zero-order valence-corrected chi connectivity index (χ0v) is 17.8. The number of hydrogen-bond acceptors (Lipinski definition) is 6. The van der Waals surface area contributed by atoms with E-state index in [1.807, 2.05) is 24.3 Å². The Balaban J connectivity index is 1.53. The smallest absolute Gasteiger partial charge is 0.341 e. The van der Waals surface area contributed by atoms with Crippen LogP contribution in [0.5, 0.6) is 5.75 Å². The van der Waals surface area contributed by atoms with Crippen molar-refractivity contribution in [2.75, 3.05) is 25.3 Å². The van der Waals surface area contributed by atoms with E-state index in [-0.39, 0.29) is 11.9 Å². The van der Waals surface area contributed by atoms with Crippen LogP contribution in [-0.4, -0.2) is 31.8 Å². The third-order valence-electron chi connectivity index (χ3n) is 4.69. The van der Waals surface area contributed by atoms with E-state index in [0.717, 1.165) is 54.1 Å². The Hall–Kier alpha value is -1.99. The number of aryl methyl sites for hydroxylation is 1. The Morgan fingerprint density at radius 2 is 1.89 bits per heavy atom. The summed E-state index contributed by atoms with van der Waals surface area (Å²) in [4.78, 5) is 27.0. The van der Waals surface area contributed by atoms with Crippen LogP contribution in [-0.2, 0) is 22.4 Å². The lowest BCUT2D eigenvalue weighted by Gasteiger charge is -2.11. The summed E-state index contributed by atoms with van der Waals surface area (Å²) in [5.74, 6) is 1.28. The zero-order chi connectivity index (χ0) is 19.9. The molecular formula is C21H25NO4S2. The SMILES string of the molecule is COC(=O)c1c(NC(=O)CCCSc2ccc(OC)cc2)sc2c1CCCC2. The van der Waals surface area contributed by atoms with Crippen LogP contribution in [0.4, 0.5) is 5.00 Å². The molecule has 0 bridgehead atoms. The summed E-state index contributed by atoms with van der Waals surface area (Å²) < 4.78 is 10.1. The number of benzene rings is 1. The highest BCUT2D eigenvalue weighted by molar-refractivity contribution is 7.99. The van der Waals surface area contributed by atoms with Gasteiger partial charge in [0.2, 0.25) is 5.91 Å². The maximum atomic E-state index is 12.4. The number of thiophene rings is 1. The minimum atomic E-state index is -0.357. The predicted molar refractivity (Wildman–Crippen MR) is 114 cm³/mol. The van der Waals surface area contributed by atoms with Crippen molar-refractivity contribution in [2.24, 2.45) is 0 Å². The molecule has 0 spiro atoms. The van der Waals surface area contributed by atoms with E-state index >= 15 is 0 Å². The first kappa shape index (κ1) is 20.7. The summed E-state index contributed by atoms with van der Waals surface area (Å²) in [7, 11) is 3.04. The third-order valence-corrected chi connectivity index (χ3v) is 7.00. The quantitative estimate of drug-likeness (QED) is 0.373. The monoisotopic (exact) mass is 419 g/mol. The maximum Gasteiger partial charge on any atom is 0.341 e. The van der Waals surface area contributed by atoms with E-state index in [1.165, 1.54) is 23.3 Å². The van der Waals surface area contributed by atoms with Gasteiger partial charge in [0.25, 0.3) is 0 Å². The van der Waals surface area contributed by atoms with Crippen molar-refractivity contribution < 1.29 is 19.1 Å². The Morgan fingerprint density at radius 3 is 2.61 bits per heavy atom. The van der Waals surface area contributed by atoms with Gasteiger partial charge >= 0.3 is 5.97 Å². The van der Waals surface area contributed by atoms with Crippen LogP contribution in [0.1, 0.15) is 46.5 Å². The second-order valence-electron chi connectivity index (χ2n) is 6.58. The second kappa shape index (κ2) is 9.98. The average molecular weight is 420 g/mol. The van der Waals surface area contributed by atoms with Crippen molar-refractivity contribution in [3.05, 3.63) is 40.3 Å². The molecule has 1 N–H and O–H groups in total. The molecule has 0 atom stereocenters. The van der Waals surface area contributed by atoms with Gasteiger partial charge in [-0.2, -0.15) is 0 Å². The molecule has 7 heteroatoms. The minimum absolute atomic E-state index is 0.0564. The van der Waals surface area contributed by atoms with Gasteiger partial charge in [0.1, 0.15) is 10.8 Å². The van der Waals surface area contributed by atoms with Crippen molar-refractivity contribution in [2.45, 2.75) is 43.4 Å². The molecule has 1 aliphatic carbocycles. The van der Waals surface area contributed by atoms with E-state index in [4.69, 9.17) is 9.47 Å². The minimum Gasteiger partial charge on any atom is -0.497 e. The van der Waals surface area contributed by atoms with Crippen LogP contribution >= 0.6 is 23.1 Å². The fourth-order valence-corrected chi connectivity index (χ4v) is 5.40. The highest BCUT2D eigenvalue weighted by Crippen LogP contribution is 2.38. The lowest BCUT2D eigenvalue weighted by molar-refractivity contribution is -0.116. The van der Waals surface area contributed by atoms with Crippen LogP contribution in [0.15, 0.2) is 29.2 Å². The van der Waals surface area contributed by atoms with Crippen LogP contribution < -0.4 is 10.1 Å². The fourth-order valence-electron chi connectivity index (χ4n) is 3.26. The van der Waals surface area contributed by atoms with Crippen molar-refractivity contribution >= 4 is 40.0 Å². The molecular weight excluding hydrogens is 394 g/mol. The number of thioether (sulfide) groups is 1. The number of anilines is 1. The number of esters is 1. The van der Waals surface area contributed by atoms with Gasteiger partial charge in [0.15, 0.2) is 0 Å². The lowest BCUT2D eigenvalue weighted by atomic mass is 9.95. The molecule has 2 aromatic rings. The van der Waals surface area contributed by atoms with E-state index in [0.29, 0.717) is 17.0 Å². The van der Waals surface area contributed by atoms with Crippen molar-refractivity contribution in [3.8, 4) is 5.75 Å². The molecule has 1 heterocycles. The molecule has 150 valence electrons. The molecule has 1 aliphatic rings. The van der Waals surface area contributed by atoms with Crippen molar-refractivity contribution in [1.82, 2.24) is 0 Å². The molecule has 1 aromatic heterocycles. The topological polar surface area (TPSA) is 64.6 Å². The number of ether oxygens (including phenoxy) is 2. The standard InChI is InChI=1S/C21H25NO4S2/c1-25-14-9-11-15(12-10-14)27-13-5-8-18(23)22-20-19(21(24)26-2)16-6-3-4-7-17(16)28-20/h9-12H,3-8,13H2,1-2H3,(H,22,23). The van der Waals surface area contributed by atoms with E-state index in [9.17, 15) is 9.59 Å². The first-order valence-corrected chi connectivity index (χ1v) is 11.2. The van der Waals surface area contributed by atoms with Gasteiger partial charge < -0.3 is 14.8 Å². The summed E-state index contributed by atoms with van der Waals surface area (Å²) in [6.07, 6.45) is 5.24. The number of fused-ring (bicyclic) bond motifs is 1. The fraction of sp³-hybridized carbons (Fsp3) is 0.429. The van der Waals surface area contributed by atoms with Crippen molar-refractivity contribution in [1.29, 1.82) is 0 Å². The molecule has 28 heavy (non-hydrogen) atoms. The highest BCUT2D eigenvalue weighted by Gasteiger charge is 2.26. The number of nitrogens with one attached hydrogen (secondary N) is 1. The third kappa shape index (κ3) is 5.08. The first-order chi connectivity index (χ1) is 13.6. The van der Waals surface area contributed by atoms with Gasteiger partial charge in [-0.1, -0.05) is 0 Å². The normalized spacial score (nSPS) is 12.9. The number of amides is 1. The van der Waals surface area contributed by atoms with Crippen LogP contribution in [0, 0.1) is 0 Å². The molecule has 0 saturated carbocycles. The van der Waals surface area contributed by atoms with Gasteiger partial charge in [-0.05, 0) is 67.7 Å². The highest BCUT2D eigenvalue weighted by atomic mass is 32.2. The van der Waals surface area contributed by atoms with Crippen LogP contribution in [0.3, 0.4) is 0 Å². The molecule has 0 unspecified atom stereocenters. The molecule has 0 aliphatic heterocycles. The zero-order valence-electron chi connectivity index (χ0n) is 16.2. The molecule has 0 radical (unpaired) electrons. The summed E-state index contributed by atoms with van der Waals surface area (Å²) >= 11 is 3.24. The Bertz CT molecular complexity index is 830. The first-order valence-electron chi connectivity index (χ1n) is 9.42. The van der Waals surface area contributed by atoms with Gasteiger partial charge in [-0.3, -0.25) is 4.79 Å². The molecule has 3 rings (SSSR count). The predicted octanol–water partition coefficient (Wildman–Crippen LogP) is 4.93. The van der Waals surface area contributed by atoms with Crippen LogP contribution in [0.25, 0.3) is 0 Å². The molecule has 0 fully saturated rings. The number of methoxy groups -OCH3 is 2. The van der Waals surface area contributed by atoms with E-state index in [1.54, 1.807) is 18.9 Å². The van der Waals surface area contributed by atoms with Gasteiger partial charge in [-0.15, -0.1) is 23.1 Å². The number of carbonyl (C=O) groups excluding carboxylic acids is 2. The summed E-state index contributed by atoms with van der Waals surface area (Å²) in [5.41, 5.74) is 1.62. The summed E-state index contributed by atoms with van der Waals surface area (Å²) in [5, 5.41) is 3.59. The lowest BCUT2D eigenvalue weighted by Crippen LogP contribution is -2.14. The molecule has 1 aromatic carbocycles. The Kier molecular flexibility index (Phi) is 7.39. The molecule has 5 nitrogen and oxygen atoms in total. The largest absolute Gasteiger partial charge is 0.497 e. The number of carbonyl (C=O) groups is 2. The van der Waals surface area contributed by atoms with Gasteiger partial charge in [-0.25, -0.2) is 4.79 Å². The number of hydrogen-bond donors (Lipinski definition) is 1. The van der Waals surface area contributed by atoms with E-state index < -0.39 is 0 Å². The Morgan fingerprint density at radius 1 is 1.14 bits per heavy atom. The molecule has 0 saturated heterocycles. The Labute approximate surface area is 173 Å². The van der Waals surface area contributed by atoms with Crippen molar-refractivity contribution in [3.63, 3.8) is 0 Å². The van der Waals surface area contributed by atoms with Gasteiger partial charge in [0.05, 0.1) is 19.8 Å². The average Bonchev–Trinajstić information content (AvgIpc) is 3.08. The summed E-state index contributed by atoms with van der Waals surface area (Å²) in [6, 6.07) is 7.90. The molecule has 1 amide bonds. The summed E-state index contributed by atoms with van der Waals surface area (Å²) in [6.45, 7) is 0.